The van der Waals surface area contributed by atoms with Gasteiger partial charge in [0.2, 0.25) is 5.91 Å². The Bertz CT molecular complexity index is 636. The van der Waals surface area contributed by atoms with Gasteiger partial charge < -0.3 is 16.6 Å². The molecule has 86 valence electrons. The molecule has 4 nitrogen and oxygen atoms in total. The van der Waals surface area contributed by atoms with E-state index < -0.39 is 5.91 Å². The number of aliphatic hydroxyl groups is 1. The van der Waals surface area contributed by atoms with Gasteiger partial charge in [-0.1, -0.05) is 30.4 Å². The molecular weight excluding hydrogens is 216 g/mol. The number of amides is 1. The summed E-state index contributed by atoms with van der Waals surface area (Å²) in [5.41, 5.74) is 11.8. The maximum absolute atomic E-state index is 11.4. The van der Waals surface area contributed by atoms with Crippen molar-refractivity contribution >= 4 is 17.4 Å². The van der Waals surface area contributed by atoms with E-state index in [1.54, 1.807) is 12.1 Å². The lowest BCUT2D eigenvalue weighted by atomic mass is 10.1. The minimum Gasteiger partial charge on any atom is -0.495 e. The normalized spacial score (nSPS) is 15.2. The van der Waals surface area contributed by atoms with E-state index in [1.165, 1.54) is 6.07 Å². The number of carbonyl (C=O) groups excluding carboxylic acids is 1. The monoisotopic (exact) mass is 228 g/mol. The molecule has 17 heavy (non-hydrogen) atoms. The minimum atomic E-state index is -0.552. The lowest BCUT2D eigenvalue weighted by Crippen LogP contribution is -2.27. The summed E-state index contributed by atoms with van der Waals surface area (Å²) in [6.45, 7) is 0. The number of aliphatic hydroxyl groups excluding tert-OH is 1. The molecule has 4 heteroatoms. The van der Waals surface area contributed by atoms with Crippen LogP contribution < -0.4 is 21.9 Å². The molecule has 0 atom stereocenters. The van der Waals surface area contributed by atoms with Crippen LogP contribution in [0.5, 0.6) is 0 Å². The van der Waals surface area contributed by atoms with Gasteiger partial charge in [0.1, 0.15) is 0 Å². The summed E-state index contributed by atoms with van der Waals surface area (Å²) in [7, 11) is 0. The molecule has 1 aliphatic carbocycles. The molecule has 1 aliphatic rings. The Hall–Kier alpha value is -2.49. The third-order valence-electron chi connectivity index (χ3n) is 2.55. The lowest BCUT2D eigenvalue weighted by molar-refractivity contribution is 0.0999. The van der Waals surface area contributed by atoms with E-state index in [9.17, 15) is 9.90 Å². The third kappa shape index (κ3) is 2.06. The van der Waals surface area contributed by atoms with Crippen molar-refractivity contribution in [2.45, 2.75) is 0 Å². The third-order valence-corrected chi connectivity index (χ3v) is 2.55. The topological polar surface area (TPSA) is 89.3 Å². The average Bonchev–Trinajstić information content (AvgIpc) is 2.81. The molecule has 1 aromatic rings. The Balaban J connectivity index is 2.84. The van der Waals surface area contributed by atoms with Crippen molar-refractivity contribution in [1.29, 1.82) is 0 Å². The molecule has 0 saturated carbocycles. The number of allylic oxidation sites excluding steroid dienone is 4. The zero-order valence-electron chi connectivity index (χ0n) is 9.05. The van der Waals surface area contributed by atoms with Gasteiger partial charge in [0.25, 0.3) is 0 Å². The summed E-state index contributed by atoms with van der Waals surface area (Å²) in [6, 6.07) is 4.85. The van der Waals surface area contributed by atoms with Crippen LogP contribution in [0.2, 0.25) is 0 Å². The second kappa shape index (κ2) is 4.17. The minimum absolute atomic E-state index is 0.332. The molecule has 0 unspecified atom stereocenters. The number of nitrogens with two attached hydrogens (primary N) is 2. The van der Waals surface area contributed by atoms with Gasteiger partial charge in [-0.25, -0.2) is 0 Å². The zero-order valence-corrected chi connectivity index (χ0v) is 9.05. The Morgan fingerprint density at radius 1 is 1.12 bits per heavy atom. The molecule has 1 aromatic carbocycles. The van der Waals surface area contributed by atoms with Gasteiger partial charge in [-0.2, -0.15) is 0 Å². The molecule has 0 aromatic heterocycles. The predicted molar refractivity (Wildman–Crippen MR) is 66.1 cm³/mol. The van der Waals surface area contributed by atoms with Crippen molar-refractivity contribution in [2.24, 2.45) is 11.5 Å². The largest absolute Gasteiger partial charge is 0.495 e. The number of primary amides is 1. The van der Waals surface area contributed by atoms with Crippen LogP contribution in [-0.4, -0.2) is 11.0 Å². The smallest absolute Gasteiger partial charge is 0.249 e. The second-order valence-electron chi connectivity index (χ2n) is 3.68. The highest BCUT2D eigenvalue weighted by Crippen LogP contribution is 2.06. The van der Waals surface area contributed by atoms with E-state index in [2.05, 4.69) is 0 Å². The predicted octanol–water partition coefficient (Wildman–Crippen LogP) is -0.355. The van der Waals surface area contributed by atoms with Crippen molar-refractivity contribution in [1.82, 2.24) is 0 Å². The molecule has 0 spiro atoms. The van der Waals surface area contributed by atoms with E-state index in [0.717, 1.165) is 10.8 Å². The Morgan fingerprint density at radius 3 is 2.29 bits per heavy atom. The highest BCUT2D eigenvalue weighted by atomic mass is 16.3. The van der Waals surface area contributed by atoms with Gasteiger partial charge >= 0.3 is 0 Å². The molecule has 1 amide bonds. The molecule has 0 radical (unpaired) electrons. The van der Waals surface area contributed by atoms with Crippen LogP contribution in [0, 0.1) is 0 Å². The second-order valence-corrected chi connectivity index (χ2v) is 3.68. The van der Waals surface area contributed by atoms with E-state index in [0.29, 0.717) is 10.8 Å². The first kappa shape index (κ1) is 11.0. The maximum atomic E-state index is 11.4. The Labute approximate surface area is 97.9 Å². The van der Waals surface area contributed by atoms with Crippen LogP contribution in [0.3, 0.4) is 0 Å². The number of rotatable bonds is 1. The molecule has 0 aliphatic heterocycles. The van der Waals surface area contributed by atoms with Crippen molar-refractivity contribution in [2.75, 3.05) is 0 Å². The van der Waals surface area contributed by atoms with Crippen molar-refractivity contribution in [3.63, 3.8) is 0 Å². The fourth-order valence-corrected chi connectivity index (χ4v) is 1.71. The van der Waals surface area contributed by atoms with E-state index >= 15 is 0 Å². The number of carbonyl (C=O) groups is 1. The maximum Gasteiger partial charge on any atom is 0.249 e. The SMILES string of the molecule is NC(=O)c1cc(=C(N)O)ccc1=C1C=CC=C1. The first-order chi connectivity index (χ1) is 8.09. The number of benzene rings is 1. The first-order valence-electron chi connectivity index (χ1n) is 5.07. The van der Waals surface area contributed by atoms with Gasteiger partial charge in [-0.05, 0) is 22.9 Å². The summed E-state index contributed by atoms with van der Waals surface area (Å²) in [5, 5.41) is 10.3. The summed E-state index contributed by atoms with van der Waals surface area (Å²) in [5.74, 6) is -0.883. The van der Waals surface area contributed by atoms with Crippen LogP contribution >= 0.6 is 0 Å². The van der Waals surface area contributed by atoms with Crippen LogP contribution in [0.25, 0.3) is 11.5 Å². The molecule has 0 saturated heterocycles. The Morgan fingerprint density at radius 2 is 1.76 bits per heavy atom. The fourth-order valence-electron chi connectivity index (χ4n) is 1.71. The summed E-state index contributed by atoms with van der Waals surface area (Å²) in [6.07, 6.45) is 7.52. The number of hydrogen-bond acceptors (Lipinski definition) is 3. The first-order valence-corrected chi connectivity index (χ1v) is 5.07. The zero-order chi connectivity index (χ0) is 12.4. The van der Waals surface area contributed by atoms with Crippen molar-refractivity contribution in [3.05, 3.63) is 58.5 Å². The van der Waals surface area contributed by atoms with Gasteiger partial charge in [0, 0.05) is 10.8 Å². The van der Waals surface area contributed by atoms with E-state index in [4.69, 9.17) is 11.5 Å². The van der Waals surface area contributed by atoms with Crippen LogP contribution in [0.1, 0.15) is 10.4 Å². The summed E-state index contributed by atoms with van der Waals surface area (Å²) in [4.78, 5) is 11.4. The molecule has 0 bridgehead atoms. The highest BCUT2D eigenvalue weighted by molar-refractivity contribution is 5.94. The quantitative estimate of drug-likeness (QED) is 0.613. The Kier molecular flexibility index (Phi) is 2.70. The molecule has 5 N–H and O–H groups in total. The van der Waals surface area contributed by atoms with Gasteiger partial charge in [0.15, 0.2) is 5.88 Å². The number of hydrogen-bond donors (Lipinski definition) is 3. The molecule has 0 fully saturated rings. The summed E-state index contributed by atoms with van der Waals surface area (Å²) >= 11 is 0. The van der Waals surface area contributed by atoms with E-state index in [1.807, 2.05) is 24.3 Å². The van der Waals surface area contributed by atoms with Crippen LogP contribution in [-0.2, 0) is 0 Å². The van der Waals surface area contributed by atoms with Crippen LogP contribution in [0.4, 0.5) is 0 Å². The lowest BCUT2D eigenvalue weighted by Gasteiger charge is -2.00. The highest BCUT2D eigenvalue weighted by Gasteiger charge is 2.06. The van der Waals surface area contributed by atoms with E-state index in [-0.39, 0.29) is 5.88 Å². The van der Waals surface area contributed by atoms with Gasteiger partial charge in [-0.3, -0.25) is 4.79 Å². The van der Waals surface area contributed by atoms with Gasteiger partial charge in [-0.15, -0.1) is 0 Å². The van der Waals surface area contributed by atoms with Crippen molar-refractivity contribution < 1.29 is 9.90 Å². The standard InChI is InChI=1S/C13H12N2O2/c14-12(16)9-5-6-10(8-3-1-2-4-8)11(7-9)13(15)17/h1-7,16H,14H2,(H2,15,17). The average molecular weight is 228 g/mol. The van der Waals surface area contributed by atoms with Gasteiger partial charge in [0.05, 0.1) is 0 Å². The molecular formula is C13H12N2O2. The van der Waals surface area contributed by atoms with Crippen molar-refractivity contribution in [3.8, 4) is 0 Å². The molecule has 2 rings (SSSR count). The molecule has 0 heterocycles. The summed E-state index contributed by atoms with van der Waals surface area (Å²) < 4.78 is 0. The fraction of sp³-hybridized carbons (Fsp3) is 0. The van der Waals surface area contributed by atoms with Crippen LogP contribution in [0.15, 0.2) is 42.5 Å².